The molecule has 0 spiro atoms. The van der Waals surface area contributed by atoms with Crippen molar-refractivity contribution in [1.82, 2.24) is 25.9 Å². The average Bonchev–Trinajstić information content (AvgIpc) is 3.54. The van der Waals surface area contributed by atoms with Crippen molar-refractivity contribution in [2.75, 3.05) is 39.1 Å². The normalized spacial score (nSPS) is 14.6. The zero-order chi connectivity index (χ0) is 35.2. The fourth-order valence-electron chi connectivity index (χ4n) is 6.15. The van der Waals surface area contributed by atoms with Crippen molar-refractivity contribution >= 4 is 23.2 Å². The number of H-pyrrole nitrogens is 1. The summed E-state index contributed by atoms with van der Waals surface area (Å²) < 4.78 is 22.6. The summed E-state index contributed by atoms with van der Waals surface area (Å²) in [7, 11) is 6.17. The van der Waals surface area contributed by atoms with Crippen LogP contribution in [0.2, 0.25) is 0 Å². The van der Waals surface area contributed by atoms with Crippen LogP contribution < -0.4 is 40.3 Å². The zero-order valence-corrected chi connectivity index (χ0v) is 28.6. The molecule has 1 heterocycles. The van der Waals surface area contributed by atoms with Crippen LogP contribution in [-0.2, 0) is 16.0 Å². The van der Waals surface area contributed by atoms with Gasteiger partial charge in [-0.2, -0.15) is 5.21 Å². The molecular formula is C35H41N7O7. The number of nitrogens with zero attached hydrogens (tertiary/aromatic N) is 3. The second-order valence-electron chi connectivity index (χ2n) is 11.7. The quantitative estimate of drug-likeness (QED) is 0.166. The van der Waals surface area contributed by atoms with Crippen molar-refractivity contribution in [3.05, 3.63) is 63.8 Å². The number of methoxy groups -OCH3 is 4. The maximum atomic E-state index is 14.0. The smallest absolute Gasteiger partial charge is 0.247 e. The van der Waals surface area contributed by atoms with Crippen LogP contribution in [0, 0.1) is 5.92 Å². The minimum atomic E-state index is -0.784. The predicted octanol–water partition coefficient (Wildman–Crippen LogP) is 4.52. The van der Waals surface area contributed by atoms with Crippen LogP contribution in [-0.4, -0.2) is 66.9 Å². The molecule has 5 rings (SSSR count). The molecule has 0 radical (unpaired) electrons. The van der Waals surface area contributed by atoms with Gasteiger partial charge in [-0.15, -0.1) is 10.2 Å². The van der Waals surface area contributed by atoms with E-state index in [2.05, 4.69) is 36.6 Å². The Balaban J connectivity index is 1.57. The lowest BCUT2D eigenvalue weighted by molar-refractivity contribution is -0.120. The number of aryl methyl sites for hydroxylation is 1. The van der Waals surface area contributed by atoms with Gasteiger partial charge < -0.3 is 34.9 Å². The summed E-state index contributed by atoms with van der Waals surface area (Å²) in [6, 6.07) is 10.8. The Morgan fingerprint density at radius 3 is 2.35 bits per heavy atom. The molecule has 4 N–H and O–H groups in total. The summed E-state index contributed by atoms with van der Waals surface area (Å²) in [6.07, 6.45) is 1.75. The first-order chi connectivity index (χ1) is 23.6. The number of tetrazole rings is 1. The lowest BCUT2D eigenvalue weighted by atomic mass is 9.95. The Labute approximate surface area is 283 Å². The van der Waals surface area contributed by atoms with Crippen molar-refractivity contribution in [2.24, 2.45) is 5.92 Å². The fraction of sp³-hybridized carbons (Fsp3) is 0.371. The first-order valence-corrected chi connectivity index (χ1v) is 15.9. The Bertz CT molecular complexity index is 1900. The first-order valence-electron chi connectivity index (χ1n) is 15.9. The molecule has 0 saturated heterocycles. The van der Waals surface area contributed by atoms with Crippen LogP contribution in [0.3, 0.4) is 0 Å². The van der Waals surface area contributed by atoms with Crippen molar-refractivity contribution in [3.63, 3.8) is 0 Å². The van der Waals surface area contributed by atoms with Gasteiger partial charge in [-0.05, 0) is 77.1 Å². The molecule has 0 unspecified atom stereocenters. The number of anilines is 2. The summed E-state index contributed by atoms with van der Waals surface area (Å²) in [4.78, 5) is 40.2. The number of rotatable bonds is 12. The van der Waals surface area contributed by atoms with Gasteiger partial charge in [0.05, 0.1) is 45.7 Å². The number of carbonyl (C=O) groups excluding carboxylic acids is 2. The molecule has 0 saturated carbocycles. The van der Waals surface area contributed by atoms with E-state index in [0.717, 1.165) is 11.1 Å². The number of nitrogens with one attached hydrogen (secondary N) is 4. The second kappa shape index (κ2) is 15.0. The van der Waals surface area contributed by atoms with E-state index in [1.807, 2.05) is 26.0 Å². The molecule has 1 aromatic heterocycles. The summed E-state index contributed by atoms with van der Waals surface area (Å²) in [5.74, 6) is 1.46. The number of hydrogen-bond donors (Lipinski definition) is 4. The van der Waals surface area contributed by atoms with Crippen LogP contribution in [0.25, 0.3) is 22.5 Å². The highest BCUT2D eigenvalue weighted by Gasteiger charge is 2.30. The van der Waals surface area contributed by atoms with Gasteiger partial charge in [0.25, 0.3) is 0 Å². The fourth-order valence-corrected chi connectivity index (χ4v) is 6.15. The largest absolute Gasteiger partial charge is 0.496 e. The third kappa shape index (κ3) is 7.12. The molecule has 3 aromatic carbocycles. The average molecular weight is 672 g/mol. The molecule has 0 bridgehead atoms. The summed E-state index contributed by atoms with van der Waals surface area (Å²) in [6.45, 7) is 5.36. The molecule has 1 aliphatic carbocycles. The Morgan fingerprint density at radius 1 is 0.959 bits per heavy atom. The molecule has 14 nitrogen and oxygen atoms in total. The van der Waals surface area contributed by atoms with Crippen molar-refractivity contribution < 1.29 is 28.5 Å². The minimum absolute atomic E-state index is 0.165. The van der Waals surface area contributed by atoms with Gasteiger partial charge in [-0.3, -0.25) is 14.4 Å². The van der Waals surface area contributed by atoms with Crippen LogP contribution in [0.4, 0.5) is 11.4 Å². The monoisotopic (exact) mass is 671 g/mol. The molecule has 14 heteroatoms. The number of ether oxygens (including phenoxy) is 4. The Hall–Kier alpha value is -5.66. The Kier molecular flexibility index (Phi) is 10.6. The maximum absolute atomic E-state index is 14.0. The predicted molar refractivity (Wildman–Crippen MR) is 184 cm³/mol. The second-order valence-corrected chi connectivity index (χ2v) is 11.7. The van der Waals surface area contributed by atoms with Gasteiger partial charge in [0.15, 0.2) is 11.5 Å². The van der Waals surface area contributed by atoms with Crippen LogP contribution in [0.5, 0.6) is 23.0 Å². The molecule has 0 aliphatic heterocycles. The lowest BCUT2D eigenvalue weighted by Crippen LogP contribution is -2.40. The van der Waals surface area contributed by atoms with E-state index >= 15 is 0 Å². The molecule has 1 aliphatic rings. The van der Waals surface area contributed by atoms with E-state index in [1.165, 1.54) is 27.2 Å². The highest BCUT2D eigenvalue weighted by molar-refractivity contribution is 5.97. The maximum Gasteiger partial charge on any atom is 0.247 e. The molecule has 49 heavy (non-hydrogen) atoms. The standard InChI is InChI=1S/C35H41N7O7/c1-8-18(2)31(35(45)37-21-10-14-28(46-4)24(16-21)34-39-41-42-40-34)38-26-13-11-22-23(17-27(26)44)25(36-19(3)43)12-9-20-15-29(47-5)32(48-6)33(49-7)30(20)22/h10-11,13-18,25,31H,8-9,12H2,1-7H3,(H,36,43)(H,37,45)(H,38,44)(H,39,40,41,42)/t18-,25+,31+/m1/s1. The molecule has 3 atom stereocenters. The van der Waals surface area contributed by atoms with Crippen LogP contribution in [0.15, 0.2) is 47.3 Å². The van der Waals surface area contributed by atoms with Crippen LogP contribution in [0.1, 0.15) is 50.8 Å². The van der Waals surface area contributed by atoms with E-state index in [4.69, 9.17) is 18.9 Å². The lowest BCUT2D eigenvalue weighted by Gasteiger charge is -2.24. The SMILES string of the molecule is CC[C@@H](C)[C@H](Nc1ccc2c(cc1=O)[C@@H](NC(C)=O)CCc1cc(OC)c(OC)c(OC)c1-2)C(=O)Nc1ccc(OC)c(-c2nn[nH]n2)c1. The third-order valence-corrected chi connectivity index (χ3v) is 8.78. The summed E-state index contributed by atoms with van der Waals surface area (Å²) in [5, 5.41) is 23.3. The molecule has 2 amide bonds. The van der Waals surface area contributed by atoms with Crippen molar-refractivity contribution in [1.29, 1.82) is 0 Å². The van der Waals surface area contributed by atoms with Crippen LogP contribution >= 0.6 is 0 Å². The topological polar surface area (TPSA) is 179 Å². The van der Waals surface area contributed by atoms with Gasteiger partial charge in [0.2, 0.25) is 28.8 Å². The summed E-state index contributed by atoms with van der Waals surface area (Å²) >= 11 is 0. The van der Waals surface area contributed by atoms with E-state index in [9.17, 15) is 14.4 Å². The highest BCUT2D eigenvalue weighted by atomic mass is 16.5. The Morgan fingerprint density at radius 2 is 1.71 bits per heavy atom. The minimum Gasteiger partial charge on any atom is -0.496 e. The van der Waals surface area contributed by atoms with Gasteiger partial charge in [0.1, 0.15) is 11.8 Å². The van der Waals surface area contributed by atoms with Gasteiger partial charge >= 0.3 is 0 Å². The van der Waals surface area contributed by atoms with E-state index in [-0.39, 0.29) is 28.8 Å². The third-order valence-electron chi connectivity index (χ3n) is 8.78. The van der Waals surface area contributed by atoms with Crippen molar-refractivity contribution in [3.8, 4) is 45.5 Å². The number of hydrogen-bond acceptors (Lipinski definition) is 11. The zero-order valence-electron chi connectivity index (χ0n) is 28.6. The van der Waals surface area contributed by atoms with Gasteiger partial charge in [0, 0.05) is 18.2 Å². The van der Waals surface area contributed by atoms with E-state index < -0.39 is 12.1 Å². The summed E-state index contributed by atoms with van der Waals surface area (Å²) in [5.41, 5.74) is 3.85. The first kappa shape index (κ1) is 34.7. The highest BCUT2D eigenvalue weighted by Crippen LogP contribution is 2.50. The molecule has 4 aromatic rings. The number of aromatic nitrogens is 4. The number of carbonyl (C=O) groups is 2. The van der Waals surface area contributed by atoms with E-state index in [0.29, 0.717) is 70.5 Å². The number of benzene rings is 2. The number of amides is 2. The number of fused-ring (bicyclic) bond motifs is 3. The molecule has 258 valence electrons. The molecule has 0 fully saturated rings. The van der Waals surface area contributed by atoms with Gasteiger partial charge in [-0.1, -0.05) is 26.3 Å². The molecular weight excluding hydrogens is 630 g/mol. The number of aromatic amines is 1. The van der Waals surface area contributed by atoms with Gasteiger partial charge in [-0.25, -0.2) is 0 Å². The van der Waals surface area contributed by atoms with Crippen molar-refractivity contribution in [2.45, 2.75) is 52.1 Å². The van der Waals surface area contributed by atoms with E-state index in [1.54, 1.807) is 38.5 Å².